The second-order valence-electron chi connectivity index (χ2n) is 3.76. The van der Waals surface area contributed by atoms with E-state index in [0.717, 1.165) is 18.1 Å². The molecule has 0 atom stereocenters. The van der Waals surface area contributed by atoms with Crippen molar-refractivity contribution in [3.63, 3.8) is 0 Å². The maximum absolute atomic E-state index is 5.49. The smallest absolute Gasteiger partial charge is 0.190 e. The number of rotatable bonds is 5. The molecule has 90 valence electrons. The van der Waals surface area contributed by atoms with Gasteiger partial charge in [-0.2, -0.15) is 0 Å². The molecule has 1 heterocycles. The monoisotopic (exact) mass is 232 g/mol. The molecule has 2 rings (SSSR count). The Kier molecular flexibility index (Phi) is 3.67. The average Bonchev–Trinajstić information content (AvgIpc) is 2.76. The van der Waals surface area contributed by atoms with Crippen molar-refractivity contribution in [2.45, 2.75) is 13.1 Å². The second-order valence-corrected chi connectivity index (χ2v) is 3.76. The Labute approximate surface area is 100 Å². The van der Waals surface area contributed by atoms with E-state index in [9.17, 15) is 0 Å². The maximum Gasteiger partial charge on any atom is 0.190 e. The van der Waals surface area contributed by atoms with E-state index in [2.05, 4.69) is 5.32 Å². The summed E-state index contributed by atoms with van der Waals surface area (Å²) in [6.07, 6.45) is 0. The Balaban J connectivity index is 1.81. The van der Waals surface area contributed by atoms with Crippen molar-refractivity contribution < 1.29 is 9.15 Å². The van der Waals surface area contributed by atoms with Crippen LogP contribution in [0.25, 0.3) is 0 Å². The van der Waals surface area contributed by atoms with E-state index in [1.165, 1.54) is 5.56 Å². The molecule has 4 heteroatoms. The van der Waals surface area contributed by atoms with Gasteiger partial charge < -0.3 is 20.2 Å². The lowest BCUT2D eigenvalue weighted by atomic mass is 10.2. The summed E-state index contributed by atoms with van der Waals surface area (Å²) in [6.45, 7) is 1.45. The normalized spacial score (nSPS) is 10.4. The standard InChI is InChI=1S/C13H16N2O2/c1-16-11-4-2-10(3-5-11)8-15-9-12-6-7-13(14)17-12/h2-7,15H,8-9,14H2,1H3. The molecule has 0 amide bonds. The largest absolute Gasteiger partial charge is 0.497 e. The number of hydrogen-bond donors (Lipinski definition) is 2. The van der Waals surface area contributed by atoms with Crippen LogP contribution in [0.4, 0.5) is 5.88 Å². The summed E-state index contributed by atoms with van der Waals surface area (Å²) in [5, 5.41) is 3.28. The molecule has 3 N–H and O–H groups in total. The highest BCUT2D eigenvalue weighted by Crippen LogP contribution is 2.12. The van der Waals surface area contributed by atoms with Gasteiger partial charge >= 0.3 is 0 Å². The summed E-state index contributed by atoms with van der Waals surface area (Å²) in [5.74, 6) is 2.16. The minimum atomic E-state index is 0.450. The summed E-state index contributed by atoms with van der Waals surface area (Å²) in [7, 11) is 1.66. The van der Waals surface area contributed by atoms with Gasteiger partial charge in [-0.05, 0) is 23.8 Å². The quantitative estimate of drug-likeness (QED) is 0.829. The first-order valence-corrected chi connectivity index (χ1v) is 5.46. The van der Waals surface area contributed by atoms with Crippen LogP contribution >= 0.6 is 0 Å². The van der Waals surface area contributed by atoms with Crippen LogP contribution in [0.2, 0.25) is 0 Å². The van der Waals surface area contributed by atoms with Crippen LogP contribution in [-0.4, -0.2) is 7.11 Å². The molecular formula is C13H16N2O2. The number of hydrogen-bond acceptors (Lipinski definition) is 4. The van der Waals surface area contributed by atoms with E-state index in [-0.39, 0.29) is 0 Å². The molecule has 0 saturated carbocycles. The molecule has 4 nitrogen and oxygen atoms in total. The average molecular weight is 232 g/mol. The van der Waals surface area contributed by atoms with E-state index in [1.54, 1.807) is 13.2 Å². The number of anilines is 1. The summed E-state index contributed by atoms with van der Waals surface area (Å²) in [5.41, 5.74) is 6.68. The van der Waals surface area contributed by atoms with Crippen LogP contribution in [0.1, 0.15) is 11.3 Å². The first-order valence-electron chi connectivity index (χ1n) is 5.46. The second kappa shape index (κ2) is 5.41. The van der Waals surface area contributed by atoms with Crippen molar-refractivity contribution in [2.24, 2.45) is 0 Å². The molecule has 0 bridgehead atoms. The molecule has 0 unspecified atom stereocenters. The fourth-order valence-electron chi connectivity index (χ4n) is 1.56. The van der Waals surface area contributed by atoms with Gasteiger partial charge in [-0.1, -0.05) is 12.1 Å². The van der Waals surface area contributed by atoms with E-state index < -0.39 is 0 Å². The van der Waals surface area contributed by atoms with Crippen LogP contribution in [0.3, 0.4) is 0 Å². The zero-order chi connectivity index (χ0) is 12.1. The lowest BCUT2D eigenvalue weighted by molar-refractivity contribution is 0.414. The number of methoxy groups -OCH3 is 1. The summed E-state index contributed by atoms with van der Waals surface area (Å²) in [4.78, 5) is 0. The molecule has 0 saturated heterocycles. The Morgan fingerprint density at radius 3 is 2.47 bits per heavy atom. The highest BCUT2D eigenvalue weighted by atomic mass is 16.5. The van der Waals surface area contributed by atoms with E-state index >= 15 is 0 Å². The van der Waals surface area contributed by atoms with Gasteiger partial charge in [-0.3, -0.25) is 0 Å². The van der Waals surface area contributed by atoms with Crippen LogP contribution in [0.5, 0.6) is 5.75 Å². The fourth-order valence-corrected chi connectivity index (χ4v) is 1.56. The van der Waals surface area contributed by atoms with E-state index in [1.807, 2.05) is 30.3 Å². The number of nitrogen functional groups attached to an aromatic ring is 1. The Morgan fingerprint density at radius 1 is 1.12 bits per heavy atom. The summed E-state index contributed by atoms with van der Waals surface area (Å²) < 4.78 is 10.3. The van der Waals surface area contributed by atoms with Gasteiger partial charge in [0.15, 0.2) is 5.88 Å². The van der Waals surface area contributed by atoms with Gasteiger partial charge in [0.1, 0.15) is 11.5 Å². The molecule has 0 aliphatic heterocycles. The van der Waals surface area contributed by atoms with E-state index in [4.69, 9.17) is 14.9 Å². The lowest BCUT2D eigenvalue weighted by Crippen LogP contribution is -2.11. The van der Waals surface area contributed by atoms with Gasteiger partial charge in [0.05, 0.1) is 13.7 Å². The number of nitrogens with one attached hydrogen (secondary N) is 1. The molecule has 17 heavy (non-hydrogen) atoms. The van der Waals surface area contributed by atoms with Crippen LogP contribution in [0.15, 0.2) is 40.8 Å². The van der Waals surface area contributed by atoms with Crippen LogP contribution in [-0.2, 0) is 13.1 Å². The van der Waals surface area contributed by atoms with Crippen molar-refractivity contribution in [1.29, 1.82) is 0 Å². The van der Waals surface area contributed by atoms with Crippen LogP contribution in [0, 0.1) is 0 Å². The molecule has 0 aliphatic rings. The molecule has 1 aromatic heterocycles. The van der Waals surface area contributed by atoms with Gasteiger partial charge in [-0.15, -0.1) is 0 Å². The molecule has 0 fully saturated rings. The fraction of sp³-hybridized carbons (Fsp3) is 0.231. The Hall–Kier alpha value is -1.94. The molecular weight excluding hydrogens is 216 g/mol. The van der Waals surface area contributed by atoms with Crippen LogP contribution < -0.4 is 15.8 Å². The third-order valence-electron chi connectivity index (χ3n) is 2.47. The van der Waals surface area contributed by atoms with Gasteiger partial charge in [0.25, 0.3) is 0 Å². The zero-order valence-corrected chi connectivity index (χ0v) is 9.77. The molecule has 0 aliphatic carbocycles. The lowest BCUT2D eigenvalue weighted by Gasteiger charge is -2.04. The molecule has 0 radical (unpaired) electrons. The van der Waals surface area contributed by atoms with Crippen molar-refractivity contribution in [2.75, 3.05) is 12.8 Å². The van der Waals surface area contributed by atoms with E-state index in [0.29, 0.717) is 12.4 Å². The zero-order valence-electron chi connectivity index (χ0n) is 9.77. The number of benzene rings is 1. The van der Waals surface area contributed by atoms with Gasteiger partial charge in [0, 0.05) is 12.6 Å². The van der Waals surface area contributed by atoms with Crippen molar-refractivity contribution >= 4 is 5.88 Å². The summed E-state index contributed by atoms with van der Waals surface area (Å²) >= 11 is 0. The Bertz CT molecular complexity index is 463. The number of furan rings is 1. The topological polar surface area (TPSA) is 60.4 Å². The predicted molar refractivity (Wildman–Crippen MR) is 66.7 cm³/mol. The highest BCUT2D eigenvalue weighted by Gasteiger charge is 1.99. The molecule has 2 aromatic rings. The first kappa shape index (κ1) is 11.5. The van der Waals surface area contributed by atoms with Crippen molar-refractivity contribution in [3.8, 4) is 5.75 Å². The molecule has 1 aromatic carbocycles. The van der Waals surface area contributed by atoms with Gasteiger partial charge in [0.2, 0.25) is 0 Å². The minimum Gasteiger partial charge on any atom is -0.497 e. The SMILES string of the molecule is COc1ccc(CNCc2ccc(N)o2)cc1. The highest BCUT2D eigenvalue weighted by molar-refractivity contribution is 5.27. The minimum absolute atomic E-state index is 0.450. The third kappa shape index (κ3) is 3.26. The predicted octanol–water partition coefficient (Wildman–Crippen LogP) is 2.16. The van der Waals surface area contributed by atoms with Gasteiger partial charge in [-0.25, -0.2) is 0 Å². The van der Waals surface area contributed by atoms with Crippen molar-refractivity contribution in [1.82, 2.24) is 5.32 Å². The van der Waals surface area contributed by atoms with Crippen molar-refractivity contribution in [3.05, 3.63) is 47.7 Å². The Morgan fingerprint density at radius 2 is 1.88 bits per heavy atom. The third-order valence-corrected chi connectivity index (χ3v) is 2.47. The number of nitrogens with two attached hydrogens (primary N) is 1. The molecule has 0 spiro atoms. The maximum atomic E-state index is 5.49. The first-order chi connectivity index (χ1) is 8.28. The summed E-state index contributed by atoms with van der Waals surface area (Å²) in [6, 6.07) is 11.6. The number of ether oxygens (including phenoxy) is 1.